The summed E-state index contributed by atoms with van der Waals surface area (Å²) in [5.74, 6) is 0. The Labute approximate surface area is 105 Å². The fourth-order valence-corrected chi connectivity index (χ4v) is 2.24. The van der Waals surface area contributed by atoms with Gasteiger partial charge in [-0.15, -0.1) is 6.58 Å². The van der Waals surface area contributed by atoms with E-state index in [-0.39, 0.29) is 13.2 Å². The van der Waals surface area contributed by atoms with Crippen molar-refractivity contribution >= 4 is 10.4 Å². The van der Waals surface area contributed by atoms with Gasteiger partial charge in [-0.3, -0.25) is 0 Å². The predicted molar refractivity (Wildman–Crippen MR) is 58.8 cm³/mol. The van der Waals surface area contributed by atoms with Crippen LogP contribution in [0, 0.1) is 0 Å². The van der Waals surface area contributed by atoms with Crippen LogP contribution in [-0.2, 0) is 23.5 Å². The summed E-state index contributed by atoms with van der Waals surface area (Å²) in [5, 5.41) is 27.8. The molecule has 1 fully saturated rings. The average Bonchev–Trinajstić information content (AvgIpc) is 2.65. The largest absolute Gasteiger partial charge is 0.400 e. The molecule has 0 aromatic carbocycles. The van der Waals surface area contributed by atoms with Crippen LogP contribution in [0.1, 0.15) is 0 Å². The second-order valence-corrected chi connectivity index (χ2v) is 4.90. The highest BCUT2D eigenvalue weighted by Gasteiger charge is 2.42. The van der Waals surface area contributed by atoms with E-state index >= 15 is 0 Å². The van der Waals surface area contributed by atoms with Crippen LogP contribution in [0.5, 0.6) is 0 Å². The van der Waals surface area contributed by atoms with Gasteiger partial charge in [0.1, 0.15) is 24.4 Å². The lowest BCUT2D eigenvalue weighted by molar-refractivity contribution is -0.0596. The van der Waals surface area contributed by atoms with E-state index in [1.54, 1.807) is 0 Å². The maximum absolute atomic E-state index is 11.3. The molecular weight excluding hydrogens is 268 g/mol. The Hall–Kier alpha value is -0.550. The number of hydrogen-bond donors (Lipinski definition) is 3. The Kier molecular flexibility index (Phi) is 5.66. The molecular formula is C9H16O8S. The van der Waals surface area contributed by atoms with Gasteiger partial charge in [0.2, 0.25) is 0 Å². The smallest absolute Gasteiger partial charge is 0.394 e. The first kappa shape index (κ1) is 15.5. The summed E-state index contributed by atoms with van der Waals surface area (Å²) >= 11 is 0. The third-order valence-corrected chi connectivity index (χ3v) is 3.22. The first-order valence-electron chi connectivity index (χ1n) is 5.18. The van der Waals surface area contributed by atoms with E-state index in [4.69, 9.17) is 9.84 Å². The summed E-state index contributed by atoms with van der Waals surface area (Å²) in [6.07, 6.45) is -3.78. The molecule has 8 nitrogen and oxygen atoms in total. The third kappa shape index (κ3) is 3.99. The predicted octanol–water partition coefficient (Wildman–Crippen LogP) is -2.07. The second kappa shape index (κ2) is 6.57. The Morgan fingerprint density at radius 2 is 2.17 bits per heavy atom. The lowest BCUT2D eigenvalue weighted by Crippen LogP contribution is -2.43. The zero-order chi connectivity index (χ0) is 13.8. The topological polar surface area (TPSA) is 123 Å². The molecule has 0 radical (unpaired) electrons. The van der Waals surface area contributed by atoms with E-state index in [9.17, 15) is 18.6 Å². The summed E-state index contributed by atoms with van der Waals surface area (Å²) in [4.78, 5) is 0. The van der Waals surface area contributed by atoms with Crippen LogP contribution >= 0.6 is 0 Å². The van der Waals surface area contributed by atoms with Gasteiger partial charge in [0.25, 0.3) is 0 Å². The van der Waals surface area contributed by atoms with Gasteiger partial charge < -0.3 is 20.1 Å². The van der Waals surface area contributed by atoms with Crippen LogP contribution in [0.25, 0.3) is 0 Å². The molecule has 9 heteroatoms. The third-order valence-electron chi connectivity index (χ3n) is 2.31. The molecule has 0 aromatic rings. The number of hydrogen-bond acceptors (Lipinski definition) is 8. The minimum Gasteiger partial charge on any atom is -0.394 e. The summed E-state index contributed by atoms with van der Waals surface area (Å²) in [7, 11) is -4.34. The lowest BCUT2D eigenvalue weighted by atomic mass is 10.1. The Bertz CT molecular complexity index is 367. The van der Waals surface area contributed by atoms with Gasteiger partial charge in [-0.2, -0.15) is 8.42 Å². The summed E-state index contributed by atoms with van der Waals surface area (Å²) in [6.45, 7) is 2.11. The van der Waals surface area contributed by atoms with Crippen LogP contribution in [0.3, 0.4) is 0 Å². The van der Waals surface area contributed by atoms with E-state index in [0.29, 0.717) is 0 Å². The summed E-state index contributed by atoms with van der Waals surface area (Å²) < 4.78 is 36.5. The van der Waals surface area contributed by atoms with Crippen LogP contribution in [-0.4, -0.2) is 68.0 Å². The van der Waals surface area contributed by atoms with Crippen molar-refractivity contribution in [3.05, 3.63) is 12.7 Å². The van der Waals surface area contributed by atoms with Crippen molar-refractivity contribution < 1.29 is 36.8 Å². The molecule has 1 aliphatic rings. The van der Waals surface area contributed by atoms with Gasteiger partial charge in [0.15, 0.2) is 0 Å². The molecule has 1 rings (SSSR count). The number of ether oxygens (including phenoxy) is 1. The summed E-state index contributed by atoms with van der Waals surface area (Å²) in [6, 6.07) is 0. The van der Waals surface area contributed by atoms with E-state index in [2.05, 4.69) is 14.9 Å². The first-order chi connectivity index (χ1) is 8.41. The normalized spacial score (nSPS) is 30.3. The highest BCUT2D eigenvalue weighted by molar-refractivity contribution is 7.81. The minimum atomic E-state index is -4.34. The molecule has 0 spiro atoms. The Morgan fingerprint density at radius 1 is 1.50 bits per heavy atom. The van der Waals surface area contributed by atoms with E-state index < -0.39 is 41.4 Å². The molecule has 0 aliphatic carbocycles. The Morgan fingerprint density at radius 3 is 2.61 bits per heavy atom. The number of aliphatic hydroxyl groups is 3. The van der Waals surface area contributed by atoms with Gasteiger partial charge in [0, 0.05) is 0 Å². The van der Waals surface area contributed by atoms with Crippen molar-refractivity contribution in [2.45, 2.75) is 24.4 Å². The molecule has 1 saturated heterocycles. The molecule has 106 valence electrons. The van der Waals surface area contributed by atoms with Crippen molar-refractivity contribution in [1.29, 1.82) is 0 Å². The van der Waals surface area contributed by atoms with Crippen molar-refractivity contribution in [2.75, 3.05) is 19.8 Å². The maximum atomic E-state index is 11.3. The van der Waals surface area contributed by atoms with E-state index in [0.717, 1.165) is 0 Å². The quantitative estimate of drug-likeness (QED) is 0.456. The number of aliphatic hydroxyl groups excluding tert-OH is 3. The van der Waals surface area contributed by atoms with Gasteiger partial charge in [-0.05, 0) is 0 Å². The molecule has 0 amide bonds. The maximum Gasteiger partial charge on any atom is 0.400 e. The molecule has 3 N–H and O–H groups in total. The molecule has 4 atom stereocenters. The minimum absolute atomic E-state index is 0.167. The van der Waals surface area contributed by atoms with Crippen LogP contribution in [0.2, 0.25) is 0 Å². The molecule has 1 aliphatic heterocycles. The van der Waals surface area contributed by atoms with Crippen molar-refractivity contribution in [1.82, 2.24) is 0 Å². The zero-order valence-electron chi connectivity index (χ0n) is 9.51. The van der Waals surface area contributed by atoms with Gasteiger partial charge in [-0.1, -0.05) is 6.08 Å². The molecule has 0 bridgehead atoms. The first-order valence-corrected chi connectivity index (χ1v) is 6.51. The van der Waals surface area contributed by atoms with Crippen LogP contribution in [0.15, 0.2) is 12.7 Å². The fraction of sp³-hybridized carbons (Fsp3) is 0.778. The van der Waals surface area contributed by atoms with E-state index in [1.165, 1.54) is 6.08 Å². The fourth-order valence-electron chi connectivity index (χ4n) is 1.45. The van der Waals surface area contributed by atoms with Gasteiger partial charge >= 0.3 is 10.4 Å². The van der Waals surface area contributed by atoms with Gasteiger partial charge in [0.05, 0.1) is 19.8 Å². The van der Waals surface area contributed by atoms with Crippen molar-refractivity contribution in [3.63, 3.8) is 0 Å². The van der Waals surface area contributed by atoms with Crippen molar-refractivity contribution in [2.24, 2.45) is 0 Å². The SMILES string of the molecule is C=CCOS(=O)(=O)O[C@H](CO)[C@H]1OC[C@H](O)[C@H]1O. The van der Waals surface area contributed by atoms with Crippen LogP contribution < -0.4 is 0 Å². The molecule has 18 heavy (non-hydrogen) atoms. The average molecular weight is 284 g/mol. The molecule has 0 aromatic heterocycles. The highest BCUT2D eigenvalue weighted by atomic mass is 32.3. The molecule has 1 heterocycles. The molecule has 0 saturated carbocycles. The standard InChI is InChI=1S/C9H16O8S/c1-2-3-16-18(13,14)17-7(4-10)9-8(12)6(11)5-15-9/h2,6-12H,1,3-5H2/t6-,7+,8+,9+/m0/s1. The van der Waals surface area contributed by atoms with Crippen molar-refractivity contribution in [3.8, 4) is 0 Å². The van der Waals surface area contributed by atoms with Gasteiger partial charge in [-0.25, -0.2) is 8.37 Å². The Balaban J connectivity index is 2.64. The zero-order valence-corrected chi connectivity index (χ0v) is 10.3. The monoisotopic (exact) mass is 284 g/mol. The molecule has 0 unspecified atom stereocenters. The second-order valence-electron chi connectivity index (χ2n) is 3.65. The highest BCUT2D eigenvalue weighted by Crippen LogP contribution is 2.21. The van der Waals surface area contributed by atoms with Crippen LogP contribution in [0.4, 0.5) is 0 Å². The summed E-state index contributed by atoms with van der Waals surface area (Å²) in [5.41, 5.74) is 0. The number of rotatable bonds is 7. The lowest BCUT2D eigenvalue weighted by Gasteiger charge is -2.23. The van der Waals surface area contributed by atoms with E-state index in [1.807, 2.05) is 0 Å².